The Hall–Kier alpha value is -1.36. The number of hydrogen-bond acceptors (Lipinski definition) is 5. The third-order valence-electron chi connectivity index (χ3n) is 4.06. The van der Waals surface area contributed by atoms with Gasteiger partial charge in [-0.3, -0.25) is 0 Å². The molecule has 1 aromatic rings. The van der Waals surface area contributed by atoms with Gasteiger partial charge in [-0.1, -0.05) is 0 Å². The van der Waals surface area contributed by atoms with E-state index in [1.165, 1.54) is 25.7 Å². The molecule has 19 heavy (non-hydrogen) atoms. The van der Waals surface area contributed by atoms with E-state index in [1.54, 1.807) is 0 Å². The summed E-state index contributed by atoms with van der Waals surface area (Å²) >= 11 is 0. The van der Waals surface area contributed by atoms with Crippen LogP contribution in [0.1, 0.15) is 43.8 Å². The molecule has 1 atom stereocenters. The molecule has 1 saturated heterocycles. The molecule has 104 valence electrons. The van der Waals surface area contributed by atoms with Crippen molar-refractivity contribution in [2.45, 2.75) is 44.1 Å². The van der Waals surface area contributed by atoms with Crippen LogP contribution in [0.3, 0.4) is 0 Å². The minimum atomic E-state index is 0.206. The average molecular weight is 262 g/mol. The van der Waals surface area contributed by atoms with Crippen LogP contribution in [0.2, 0.25) is 0 Å². The first-order valence-corrected chi connectivity index (χ1v) is 7.26. The summed E-state index contributed by atoms with van der Waals surface area (Å²) in [6, 6.07) is 2.21. The van der Waals surface area contributed by atoms with E-state index in [2.05, 4.69) is 15.2 Å². The van der Waals surface area contributed by atoms with Gasteiger partial charge in [0.2, 0.25) is 0 Å². The second kappa shape index (κ2) is 5.33. The zero-order valence-electron chi connectivity index (χ0n) is 11.5. The van der Waals surface area contributed by atoms with Gasteiger partial charge in [0.1, 0.15) is 17.5 Å². The minimum Gasteiger partial charge on any atom is -0.394 e. The highest BCUT2D eigenvalue weighted by Crippen LogP contribution is 2.39. The fourth-order valence-electron chi connectivity index (χ4n) is 2.74. The van der Waals surface area contributed by atoms with Crippen molar-refractivity contribution in [2.75, 3.05) is 30.4 Å². The molecule has 3 rings (SSSR count). The molecule has 5 heteroatoms. The molecule has 1 aromatic heterocycles. The van der Waals surface area contributed by atoms with Gasteiger partial charge in [0.05, 0.1) is 12.6 Å². The van der Waals surface area contributed by atoms with E-state index in [9.17, 15) is 5.11 Å². The summed E-state index contributed by atoms with van der Waals surface area (Å²) in [5.41, 5.74) is 0. The van der Waals surface area contributed by atoms with Crippen molar-refractivity contribution in [3.8, 4) is 0 Å². The van der Waals surface area contributed by atoms with Gasteiger partial charge in [-0.05, 0) is 32.1 Å². The Labute approximate surface area is 114 Å². The van der Waals surface area contributed by atoms with Crippen LogP contribution in [0.4, 0.5) is 11.6 Å². The first-order valence-electron chi connectivity index (χ1n) is 7.26. The van der Waals surface area contributed by atoms with Crippen molar-refractivity contribution in [2.24, 2.45) is 0 Å². The Morgan fingerprint density at radius 2 is 2.16 bits per heavy atom. The molecular formula is C14H22N4O. The highest BCUT2D eigenvalue weighted by molar-refractivity contribution is 5.50. The third kappa shape index (κ3) is 2.66. The molecule has 1 aliphatic carbocycles. The lowest BCUT2D eigenvalue weighted by Gasteiger charge is -2.35. The van der Waals surface area contributed by atoms with E-state index in [4.69, 9.17) is 4.98 Å². The summed E-state index contributed by atoms with van der Waals surface area (Å²) in [6.45, 7) is 1.19. The molecule has 0 aromatic carbocycles. The predicted octanol–water partition coefficient (Wildman–Crippen LogP) is 1.75. The highest BCUT2D eigenvalue weighted by atomic mass is 16.3. The number of nitrogens with one attached hydrogen (secondary N) is 1. The van der Waals surface area contributed by atoms with Crippen LogP contribution < -0.4 is 10.2 Å². The lowest BCUT2D eigenvalue weighted by Crippen LogP contribution is -2.42. The van der Waals surface area contributed by atoms with Crippen molar-refractivity contribution in [3.63, 3.8) is 0 Å². The number of aromatic nitrogens is 2. The summed E-state index contributed by atoms with van der Waals surface area (Å²) in [4.78, 5) is 11.5. The Morgan fingerprint density at radius 3 is 2.84 bits per heavy atom. The van der Waals surface area contributed by atoms with Crippen LogP contribution in [-0.4, -0.2) is 41.3 Å². The molecule has 2 aliphatic rings. The first kappa shape index (κ1) is 12.7. The standard InChI is InChI=1S/C14H22N4O/c1-15-12-8-13(17-14(16-12)10-5-6-10)18-7-3-2-4-11(18)9-19/h8,10-11,19H,2-7,9H2,1H3,(H,15,16,17). The summed E-state index contributed by atoms with van der Waals surface area (Å²) < 4.78 is 0. The van der Waals surface area contributed by atoms with Crippen LogP contribution >= 0.6 is 0 Å². The maximum Gasteiger partial charge on any atom is 0.136 e. The maximum atomic E-state index is 9.54. The maximum absolute atomic E-state index is 9.54. The van der Waals surface area contributed by atoms with Crippen molar-refractivity contribution in [1.82, 2.24) is 9.97 Å². The van der Waals surface area contributed by atoms with Crippen molar-refractivity contribution in [1.29, 1.82) is 0 Å². The molecule has 0 amide bonds. The van der Waals surface area contributed by atoms with E-state index in [0.29, 0.717) is 5.92 Å². The van der Waals surface area contributed by atoms with Gasteiger partial charge in [0.25, 0.3) is 0 Å². The third-order valence-corrected chi connectivity index (χ3v) is 4.06. The van der Waals surface area contributed by atoms with Crippen LogP contribution in [-0.2, 0) is 0 Å². The van der Waals surface area contributed by atoms with Crippen molar-refractivity contribution in [3.05, 3.63) is 11.9 Å². The predicted molar refractivity (Wildman–Crippen MR) is 75.6 cm³/mol. The van der Waals surface area contributed by atoms with Crippen molar-refractivity contribution >= 4 is 11.6 Å². The highest BCUT2D eigenvalue weighted by Gasteiger charge is 2.29. The first-order chi connectivity index (χ1) is 9.31. The normalized spacial score (nSPS) is 23.5. The summed E-state index contributed by atoms with van der Waals surface area (Å²) in [5.74, 6) is 3.36. The number of aliphatic hydroxyl groups excluding tert-OH is 1. The van der Waals surface area contributed by atoms with Gasteiger partial charge in [-0.25, -0.2) is 9.97 Å². The number of aliphatic hydroxyl groups is 1. The molecule has 2 fully saturated rings. The van der Waals surface area contributed by atoms with E-state index < -0.39 is 0 Å². The molecule has 1 unspecified atom stereocenters. The van der Waals surface area contributed by atoms with Gasteiger partial charge in [-0.15, -0.1) is 0 Å². The van der Waals surface area contributed by atoms with Gasteiger partial charge >= 0.3 is 0 Å². The second-order valence-corrected chi connectivity index (χ2v) is 5.52. The van der Waals surface area contributed by atoms with Crippen molar-refractivity contribution < 1.29 is 5.11 Å². The van der Waals surface area contributed by atoms with Crippen LogP contribution in [0.5, 0.6) is 0 Å². The van der Waals surface area contributed by atoms with Gasteiger partial charge in [0, 0.05) is 25.6 Å². The van der Waals surface area contributed by atoms with E-state index in [0.717, 1.165) is 30.4 Å². The zero-order valence-corrected chi connectivity index (χ0v) is 11.5. The number of hydrogen-bond donors (Lipinski definition) is 2. The minimum absolute atomic E-state index is 0.206. The van der Waals surface area contributed by atoms with E-state index >= 15 is 0 Å². The molecule has 1 saturated carbocycles. The quantitative estimate of drug-likeness (QED) is 0.865. The fraction of sp³-hybridized carbons (Fsp3) is 0.714. The monoisotopic (exact) mass is 262 g/mol. The average Bonchev–Trinajstić information content (AvgIpc) is 3.31. The SMILES string of the molecule is CNc1cc(N2CCCCC2CO)nc(C2CC2)n1. The largest absolute Gasteiger partial charge is 0.394 e. The number of rotatable bonds is 4. The van der Waals surface area contributed by atoms with Gasteiger partial charge < -0.3 is 15.3 Å². The molecule has 5 nitrogen and oxygen atoms in total. The molecular weight excluding hydrogens is 240 g/mol. The molecule has 0 spiro atoms. The van der Waals surface area contributed by atoms with Gasteiger partial charge in [0.15, 0.2) is 0 Å². The zero-order chi connectivity index (χ0) is 13.2. The van der Waals surface area contributed by atoms with E-state index in [1.807, 2.05) is 13.1 Å². The molecule has 0 bridgehead atoms. The van der Waals surface area contributed by atoms with Crippen LogP contribution in [0.25, 0.3) is 0 Å². The summed E-state index contributed by atoms with van der Waals surface area (Å²) in [6.07, 6.45) is 5.83. The summed E-state index contributed by atoms with van der Waals surface area (Å²) in [7, 11) is 1.89. The Bertz CT molecular complexity index is 447. The topological polar surface area (TPSA) is 61.3 Å². The second-order valence-electron chi connectivity index (χ2n) is 5.52. The van der Waals surface area contributed by atoms with Gasteiger partial charge in [-0.2, -0.15) is 0 Å². The molecule has 0 radical (unpaired) electrons. The van der Waals surface area contributed by atoms with Crippen LogP contribution in [0, 0.1) is 0 Å². The lowest BCUT2D eigenvalue weighted by molar-refractivity contribution is 0.239. The molecule has 1 aliphatic heterocycles. The summed E-state index contributed by atoms with van der Waals surface area (Å²) in [5, 5.41) is 12.7. The Kier molecular flexibility index (Phi) is 3.55. The fourth-order valence-corrected chi connectivity index (χ4v) is 2.74. The Morgan fingerprint density at radius 1 is 1.32 bits per heavy atom. The molecule has 2 N–H and O–H groups in total. The smallest absolute Gasteiger partial charge is 0.136 e. The number of nitrogens with zero attached hydrogens (tertiary/aromatic N) is 3. The lowest BCUT2D eigenvalue weighted by atomic mass is 10.0. The number of anilines is 2. The number of piperidine rings is 1. The van der Waals surface area contributed by atoms with E-state index in [-0.39, 0.29) is 12.6 Å². The molecule has 2 heterocycles. The Balaban J connectivity index is 1.91. The van der Waals surface area contributed by atoms with Crippen LogP contribution in [0.15, 0.2) is 6.07 Å².